The number of hydrogen-bond donors (Lipinski definition) is 1. The van der Waals surface area contributed by atoms with Crippen molar-refractivity contribution in [2.45, 2.75) is 39.2 Å². The van der Waals surface area contributed by atoms with Gasteiger partial charge in [-0.1, -0.05) is 32.4 Å². The number of oxazole rings is 1. The Morgan fingerprint density at radius 1 is 1.34 bits per heavy atom. The number of anilines is 1. The maximum Gasteiger partial charge on any atom is 0.230 e. The Labute approximate surface area is 177 Å². The summed E-state index contributed by atoms with van der Waals surface area (Å²) in [6.45, 7) is 6.85. The summed E-state index contributed by atoms with van der Waals surface area (Å²) in [4.78, 5) is 21.4. The first kappa shape index (κ1) is 19.7. The van der Waals surface area contributed by atoms with E-state index in [0.717, 1.165) is 27.9 Å². The van der Waals surface area contributed by atoms with Crippen molar-refractivity contribution < 1.29 is 9.21 Å². The first-order chi connectivity index (χ1) is 13.8. The van der Waals surface area contributed by atoms with Crippen molar-refractivity contribution in [3.8, 4) is 0 Å². The van der Waals surface area contributed by atoms with Gasteiger partial charge in [-0.3, -0.25) is 4.79 Å². The number of halogens is 1. The van der Waals surface area contributed by atoms with Gasteiger partial charge in [0, 0.05) is 32.9 Å². The van der Waals surface area contributed by atoms with Crippen molar-refractivity contribution in [1.82, 2.24) is 14.5 Å². The molecule has 0 aliphatic heterocycles. The summed E-state index contributed by atoms with van der Waals surface area (Å²) in [5.41, 5.74) is 3.62. The van der Waals surface area contributed by atoms with Crippen LogP contribution in [0.5, 0.6) is 0 Å². The van der Waals surface area contributed by atoms with Crippen LogP contribution >= 0.6 is 22.9 Å². The number of nitrogens with zero attached hydrogens (tertiary/aromatic N) is 3. The SMILES string of the molecule is CC(C)(C)c1csc(NC(=O)Cc2cn(Cc3cocn3)c3ccc(Cl)cc23)n1. The van der Waals surface area contributed by atoms with E-state index in [4.69, 9.17) is 16.0 Å². The third kappa shape index (κ3) is 4.36. The Morgan fingerprint density at radius 2 is 2.17 bits per heavy atom. The van der Waals surface area contributed by atoms with Gasteiger partial charge in [-0.15, -0.1) is 11.3 Å². The minimum absolute atomic E-state index is 0.0508. The summed E-state index contributed by atoms with van der Waals surface area (Å²) >= 11 is 7.65. The molecule has 0 saturated heterocycles. The highest BCUT2D eigenvalue weighted by molar-refractivity contribution is 7.13. The lowest BCUT2D eigenvalue weighted by Gasteiger charge is -2.14. The van der Waals surface area contributed by atoms with Crippen LogP contribution < -0.4 is 5.32 Å². The van der Waals surface area contributed by atoms with Gasteiger partial charge >= 0.3 is 0 Å². The van der Waals surface area contributed by atoms with E-state index in [1.165, 1.54) is 17.7 Å². The number of nitrogens with one attached hydrogen (secondary N) is 1. The van der Waals surface area contributed by atoms with Gasteiger partial charge in [0.25, 0.3) is 0 Å². The molecule has 1 amide bonds. The Kier molecular flexibility index (Phi) is 5.19. The molecule has 3 aromatic heterocycles. The highest BCUT2D eigenvalue weighted by Crippen LogP contribution is 2.28. The molecule has 150 valence electrons. The number of thiazole rings is 1. The predicted octanol–water partition coefficient (Wildman–Crippen LogP) is 5.27. The molecular formula is C21H21ClN4O2S. The van der Waals surface area contributed by atoms with Crippen LogP contribution in [-0.4, -0.2) is 20.4 Å². The number of aromatic nitrogens is 3. The molecule has 0 spiro atoms. The maximum atomic E-state index is 12.7. The highest BCUT2D eigenvalue weighted by Gasteiger charge is 2.19. The lowest BCUT2D eigenvalue weighted by molar-refractivity contribution is -0.115. The van der Waals surface area contributed by atoms with Crippen LogP contribution in [0.25, 0.3) is 10.9 Å². The second-order valence-electron chi connectivity index (χ2n) is 7.94. The molecule has 0 radical (unpaired) electrons. The number of benzene rings is 1. The van der Waals surface area contributed by atoms with Gasteiger partial charge in [0.2, 0.25) is 5.91 Å². The molecule has 0 aliphatic carbocycles. The van der Waals surface area contributed by atoms with Gasteiger partial charge in [0.15, 0.2) is 11.5 Å². The smallest absolute Gasteiger partial charge is 0.230 e. The number of fused-ring (bicyclic) bond motifs is 1. The third-order valence-corrected chi connectivity index (χ3v) is 5.60. The van der Waals surface area contributed by atoms with E-state index in [-0.39, 0.29) is 17.7 Å². The summed E-state index contributed by atoms with van der Waals surface area (Å²) < 4.78 is 7.11. The topological polar surface area (TPSA) is 73.0 Å². The monoisotopic (exact) mass is 428 g/mol. The van der Waals surface area contributed by atoms with Crippen molar-refractivity contribution in [3.05, 3.63) is 64.4 Å². The quantitative estimate of drug-likeness (QED) is 0.470. The molecule has 4 aromatic rings. The lowest BCUT2D eigenvalue weighted by Crippen LogP contribution is -2.15. The van der Waals surface area contributed by atoms with Crippen LogP contribution in [0.4, 0.5) is 5.13 Å². The molecule has 0 bridgehead atoms. The lowest BCUT2D eigenvalue weighted by atomic mass is 9.93. The second kappa shape index (κ2) is 7.65. The summed E-state index contributed by atoms with van der Waals surface area (Å²) in [6.07, 6.45) is 5.22. The maximum absolute atomic E-state index is 12.7. The average molecular weight is 429 g/mol. The van der Waals surface area contributed by atoms with Crippen molar-refractivity contribution in [1.29, 1.82) is 0 Å². The normalized spacial score (nSPS) is 11.9. The van der Waals surface area contributed by atoms with E-state index in [9.17, 15) is 4.79 Å². The average Bonchev–Trinajstić information content (AvgIpc) is 3.37. The van der Waals surface area contributed by atoms with Crippen LogP contribution in [0, 0.1) is 0 Å². The van der Waals surface area contributed by atoms with Gasteiger partial charge in [0.1, 0.15) is 6.26 Å². The molecule has 1 N–H and O–H groups in total. The van der Waals surface area contributed by atoms with Crippen LogP contribution in [0.3, 0.4) is 0 Å². The zero-order valence-corrected chi connectivity index (χ0v) is 18.0. The number of amides is 1. The van der Waals surface area contributed by atoms with Crippen LogP contribution in [0.15, 0.2) is 46.8 Å². The Balaban J connectivity index is 1.57. The molecule has 29 heavy (non-hydrogen) atoms. The molecule has 1 aromatic carbocycles. The fourth-order valence-electron chi connectivity index (χ4n) is 3.12. The number of rotatable bonds is 5. The van der Waals surface area contributed by atoms with Crippen molar-refractivity contribution in [2.24, 2.45) is 0 Å². The molecule has 0 aliphatic rings. The molecule has 0 saturated carbocycles. The first-order valence-electron chi connectivity index (χ1n) is 9.20. The van der Waals surface area contributed by atoms with E-state index >= 15 is 0 Å². The molecule has 0 atom stereocenters. The van der Waals surface area contributed by atoms with E-state index in [1.807, 2.05) is 34.3 Å². The molecule has 0 unspecified atom stereocenters. The fraction of sp³-hybridized carbons (Fsp3) is 0.286. The molecule has 3 heterocycles. The van der Waals surface area contributed by atoms with Gasteiger partial charge in [-0.05, 0) is 23.8 Å². The van der Waals surface area contributed by atoms with Crippen molar-refractivity contribution in [2.75, 3.05) is 5.32 Å². The molecule has 4 rings (SSSR count). The third-order valence-electron chi connectivity index (χ3n) is 4.61. The van der Waals surface area contributed by atoms with E-state index in [2.05, 4.69) is 36.1 Å². The summed E-state index contributed by atoms with van der Waals surface area (Å²) in [5, 5.41) is 7.10. The summed E-state index contributed by atoms with van der Waals surface area (Å²) in [7, 11) is 0. The van der Waals surface area contributed by atoms with Crippen LogP contribution in [0.1, 0.15) is 37.7 Å². The molecule has 8 heteroatoms. The van der Waals surface area contributed by atoms with Gasteiger partial charge in [-0.2, -0.15) is 0 Å². The molecular weight excluding hydrogens is 408 g/mol. The number of carbonyl (C=O) groups is 1. The minimum atomic E-state index is -0.111. The zero-order valence-electron chi connectivity index (χ0n) is 16.4. The van der Waals surface area contributed by atoms with E-state index < -0.39 is 0 Å². The predicted molar refractivity (Wildman–Crippen MR) is 116 cm³/mol. The fourth-order valence-corrected chi connectivity index (χ4v) is 4.24. The van der Waals surface area contributed by atoms with E-state index in [1.54, 1.807) is 6.26 Å². The van der Waals surface area contributed by atoms with E-state index in [0.29, 0.717) is 16.7 Å². The number of carbonyl (C=O) groups excluding carboxylic acids is 1. The van der Waals surface area contributed by atoms with Gasteiger partial charge in [0.05, 0.1) is 24.4 Å². The Hall–Kier alpha value is -2.64. The van der Waals surface area contributed by atoms with Crippen LogP contribution in [0.2, 0.25) is 5.02 Å². The second-order valence-corrected chi connectivity index (χ2v) is 9.23. The first-order valence-corrected chi connectivity index (χ1v) is 10.5. The largest absolute Gasteiger partial charge is 0.451 e. The molecule has 0 fully saturated rings. The Bertz CT molecular complexity index is 1160. The van der Waals surface area contributed by atoms with Crippen LogP contribution in [-0.2, 0) is 23.2 Å². The standard InChI is InChI=1S/C21H21ClN4O2S/c1-21(2,3)18-11-29-20(24-18)25-19(27)6-13-8-26(9-15-10-28-12-23-15)17-5-4-14(22)7-16(13)17/h4-5,7-8,10-12H,6,9H2,1-3H3,(H,24,25,27). The van der Waals surface area contributed by atoms with Gasteiger partial charge < -0.3 is 14.3 Å². The summed E-state index contributed by atoms with van der Waals surface area (Å²) in [5.74, 6) is -0.111. The van der Waals surface area contributed by atoms with Crippen molar-refractivity contribution in [3.63, 3.8) is 0 Å². The zero-order chi connectivity index (χ0) is 20.6. The highest BCUT2D eigenvalue weighted by atomic mass is 35.5. The summed E-state index contributed by atoms with van der Waals surface area (Å²) in [6, 6.07) is 5.69. The van der Waals surface area contributed by atoms with Crippen molar-refractivity contribution >= 4 is 44.9 Å². The Morgan fingerprint density at radius 3 is 2.86 bits per heavy atom. The van der Waals surface area contributed by atoms with Gasteiger partial charge in [-0.25, -0.2) is 9.97 Å². The molecule has 6 nitrogen and oxygen atoms in total. The number of hydrogen-bond acceptors (Lipinski definition) is 5. The minimum Gasteiger partial charge on any atom is -0.451 e.